The van der Waals surface area contributed by atoms with E-state index in [9.17, 15) is 4.79 Å². The average Bonchev–Trinajstić information content (AvgIpc) is 3.24. The van der Waals surface area contributed by atoms with Gasteiger partial charge in [0.1, 0.15) is 11.5 Å². The Morgan fingerprint density at radius 3 is 2.88 bits per heavy atom. The van der Waals surface area contributed by atoms with Crippen molar-refractivity contribution in [2.24, 2.45) is 0 Å². The maximum atomic E-state index is 11.8. The van der Waals surface area contributed by atoms with E-state index in [1.165, 1.54) is 6.92 Å². The van der Waals surface area contributed by atoms with Gasteiger partial charge in [-0.05, 0) is 30.7 Å². The smallest absolute Gasteiger partial charge is 0.180 e. The molecule has 0 bridgehead atoms. The molecule has 0 saturated heterocycles. The van der Waals surface area contributed by atoms with E-state index in [4.69, 9.17) is 5.10 Å². The van der Waals surface area contributed by atoms with Crippen LogP contribution in [0.25, 0.3) is 27.8 Å². The number of aromatic nitrogens is 5. The van der Waals surface area contributed by atoms with Crippen LogP contribution in [0.2, 0.25) is 0 Å². The summed E-state index contributed by atoms with van der Waals surface area (Å²) in [6.07, 6.45) is 2.86. The first-order chi connectivity index (χ1) is 12.6. The zero-order chi connectivity index (χ0) is 18.3. The van der Waals surface area contributed by atoms with Gasteiger partial charge in [-0.1, -0.05) is 13.0 Å². The fourth-order valence-electron chi connectivity index (χ4n) is 3.16. The number of aromatic amines is 1. The molecule has 0 aliphatic heterocycles. The van der Waals surface area contributed by atoms with Crippen molar-refractivity contribution in [3.8, 4) is 11.3 Å². The van der Waals surface area contributed by atoms with E-state index in [1.807, 2.05) is 41.9 Å². The van der Waals surface area contributed by atoms with Gasteiger partial charge in [-0.2, -0.15) is 5.10 Å². The lowest BCUT2D eigenvalue weighted by Crippen LogP contribution is -2.19. The largest absolute Gasteiger partial charge is 0.358 e. The first-order valence-electron chi connectivity index (χ1n) is 8.64. The van der Waals surface area contributed by atoms with Crippen molar-refractivity contribution in [1.82, 2.24) is 24.8 Å². The van der Waals surface area contributed by atoms with E-state index in [0.29, 0.717) is 5.69 Å². The van der Waals surface area contributed by atoms with Crippen LogP contribution >= 0.6 is 0 Å². The van der Waals surface area contributed by atoms with E-state index >= 15 is 0 Å². The fraction of sp³-hybridized carbons (Fsp3) is 0.263. The number of hydrogen-bond acceptors (Lipinski definition) is 5. The van der Waals surface area contributed by atoms with Gasteiger partial charge in [-0.3, -0.25) is 9.89 Å². The van der Waals surface area contributed by atoms with Crippen LogP contribution < -0.4 is 4.90 Å². The molecule has 1 aromatic carbocycles. The number of H-pyrrole nitrogens is 1. The third kappa shape index (κ3) is 2.61. The standard InChI is InChI=1S/C19H20N6O/c1-4-9-24(3)18-8-7-17-20-11-16(25(17)23-18)13-5-6-15-14(10-13)19(12(2)26)22-21-15/h5-8,10-11H,4,9H2,1-3H3,(H,21,22). The van der Waals surface area contributed by atoms with Crippen LogP contribution in [0.15, 0.2) is 36.5 Å². The number of carbonyl (C=O) groups is 1. The molecule has 0 atom stereocenters. The molecule has 4 rings (SSSR count). The van der Waals surface area contributed by atoms with Gasteiger partial charge in [-0.25, -0.2) is 9.50 Å². The molecule has 0 unspecified atom stereocenters. The Hall–Kier alpha value is -3.22. The van der Waals surface area contributed by atoms with Gasteiger partial charge >= 0.3 is 0 Å². The minimum atomic E-state index is -0.0619. The molecule has 0 amide bonds. The van der Waals surface area contributed by atoms with Crippen molar-refractivity contribution in [3.05, 3.63) is 42.2 Å². The maximum Gasteiger partial charge on any atom is 0.180 e. The number of anilines is 1. The molecule has 7 heteroatoms. The first kappa shape index (κ1) is 16.3. The number of Topliss-reactive ketones (excluding diaryl/α,β-unsaturated/α-hetero) is 1. The lowest BCUT2D eigenvalue weighted by Gasteiger charge is -2.17. The highest BCUT2D eigenvalue weighted by Crippen LogP contribution is 2.26. The molecule has 0 radical (unpaired) electrons. The van der Waals surface area contributed by atoms with Crippen molar-refractivity contribution in [3.63, 3.8) is 0 Å². The van der Waals surface area contributed by atoms with Gasteiger partial charge in [0.25, 0.3) is 0 Å². The highest BCUT2D eigenvalue weighted by Gasteiger charge is 2.14. The fourth-order valence-corrected chi connectivity index (χ4v) is 3.16. The lowest BCUT2D eigenvalue weighted by atomic mass is 10.1. The number of nitrogens with zero attached hydrogens (tertiary/aromatic N) is 5. The number of nitrogens with one attached hydrogen (secondary N) is 1. The van der Waals surface area contributed by atoms with E-state index in [1.54, 1.807) is 6.20 Å². The molecular formula is C19H20N6O. The van der Waals surface area contributed by atoms with Crippen molar-refractivity contribution in [1.29, 1.82) is 0 Å². The Morgan fingerprint density at radius 2 is 2.12 bits per heavy atom. The second kappa shape index (κ2) is 6.25. The molecule has 0 saturated carbocycles. The molecule has 7 nitrogen and oxygen atoms in total. The molecule has 0 aliphatic rings. The van der Waals surface area contributed by atoms with Gasteiger partial charge in [0, 0.05) is 31.5 Å². The predicted octanol–water partition coefficient (Wildman–Crippen LogP) is 3.32. The summed E-state index contributed by atoms with van der Waals surface area (Å²) in [5.41, 5.74) is 3.89. The van der Waals surface area contributed by atoms with E-state index in [-0.39, 0.29) is 5.78 Å². The first-order valence-corrected chi connectivity index (χ1v) is 8.64. The highest BCUT2D eigenvalue weighted by molar-refractivity contribution is 6.05. The van der Waals surface area contributed by atoms with Gasteiger partial charge in [0.15, 0.2) is 11.4 Å². The van der Waals surface area contributed by atoms with Crippen LogP contribution in [0.4, 0.5) is 5.82 Å². The molecule has 1 N–H and O–H groups in total. The van der Waals surface area contributed by atoms with Crippen LogP contribution in [0.1, 0.15) is 30.8 Å². The zero-order valence-corrected chi connectivity index (χ0v) is 15.0. The Morgan fingerprint density at radius 1 is 1.27 bits per heavy atom. The number of ketones is 1. The van der Waals surface area contributed by atoms with E-state index in [0.717, 1.165) is 46.6 Å². The summed E-state index contributed by atoms with van der Waals surface area (Å²) in [5, 5.41) is 12.6. The SMILES string of the molecule is CCCN(C)c1ccc2ncc(-c3ccc4[nH]nc(C(C)=O)c4c3)n2n1. The molecule has 3 aromatic heterocycles. The maximum absolute atomic E-state index is 11.8. The number of hydrogen-bond donors (Lipinski definition) is 1. The number of imidazole rings is 1. The van der Waals surface area contributed by atoms with Crippen molar-refractivity contribution in [2.45, 2.75) is 20.3 Å². The molecule has 132 valence electrons. The van der Waals surface area contributed by atoms with E-state index in [2.05, 4.69) is 27.0 Å². The molecule has 0 fully saturated rings. The summed E-state index contributed by atoms with van der Waals surface area (Å²) < 4.78 is 1.84. The molecule has 0 spiro atoms. The lowest BCUT2D eigenvalue weighted by molar-refractivity contribution is 0.101. The van der Waals surface area contributed by atoms with Crippen LogP contribution in [0.3, 0.4) is 0 Å². The number of fused-ring (bicyclic) bond motifs is 2. The number of carbonyl (C=O) groups excluding carboxylic acids is 1. The predicted molar refractivity (Wildman–Crippen MR) is 102 cm³/mol. The summed E-state index contributed by atoms with van der Waals surface area (Å²) >= 11 is 0. The summed E-state index contributed by atoms with van der Waals surface area (Å²) in [6.45, 7) is 4.60. The number of benzene rings is 1. The van der Waals surface area contributed by atoms with Gasteiger partial charge in [-0.15, -0.1) is 5.10 Å². The average molecular weight is 348 g/mol. The summed E-state index contributed by atoms with van der Waals surface area (Å²) in [4.78, 5) is 18.4. The third-order valence-corrected chi connectivity index (χ3v) is 4.49. The van der Waals surface area contributed by atoms with Crippen LogP contribution in [0.5, 0.6) is 0 Å². The quantitative estimate of drug-likeness (QED) is 0.560. The normalized spacial score (nSPS) is 11.3. The Labute approximate surface area is 150 Å². The summed E-state index contributed by atoms with van der Waals surface area (Å²) in [7, 11) is 2.03. The van der Waals surface area contributed by atoms with Gasteiger partial charge < -0.3 is 4.90 Å². The van der Waals surface area contributed by atoms with Crippen molar-refractivity contribution < 1.29 is 4.79 Å². The minimum Gasteiger partial charge on any atom is -0.358 e. The van der Waals surface area contributed by atoms with Gasteiger partial charge in [0.2, 0.25) is 0 Å². The molecule has 26 heavy (non-hydrogen) atoms. The van der Waals surface area contributed by atoms with Crippen LogP contribution in [-0.4, -0.2) is 44.2 Å². The van der Waals surface area contributed by atoms with Crippen molar-refractivity contribution >= 4 is 28.2 Å². The minimum absolute atomic E-state index is 0.0619. The van der Waals surface area contributed by atoms with Crippen LogP contribution in [-0.2, 0) is 0 Å². The highest BCUT2D eigenvalue weighted by atomic mass is 16.1. The Kier molecular flexibility index (Phi) is 3.91. The summed E-state index contributed by atoms with van der Waals surface area (Å²) in [5.74, 6) is 0.834. The zero-order valence-electron chi connectivity index (χ0n) is 15.0. The van der Waals surface area contributed by atoms with E-state index < -0.39 is 0 Å². The second-order valence-electron chi connectivity index (χ2n) is 6.42. The van der Waals surface area contributed by atoms with Gasteiger partial charge in [0.05, 0.1) is 17.4 Å². The Bertz CT molecular complexity index is 1110. The molecular weight excluding hydrogens is 328 g/mol. The molecule has 0 aliphatic carbocycles. The molecule has 3 heterocycles. The second-order valence-corrected chi connectivity index (χ2v) is 6.42. The number of rotatable bonds is 5. The monoisotopic (exact) mass is 348 g/mol. The summed E-state index contributed by atoms with van der Waals surface area (Å²) in [6, 6.07) is 9.82. The van der Waals surface area contributed by atoms with Crippen LogP contribution in [0, 0.1) is 0 Å². The Balaban J connectivity index is 1.85. The van der Waals surface area contributed by atoms with Crippen molar-refractivity contribution in [2.75, 3.05) is 18.5 Å². The topological polar surface area (TPSA) is 79.2 Å². The third-order valence-electron chi connectivity index (χ3n) is 4.49. The molecule has 4 aromatic rings.